The number of nitrogens with one attached hydrogen (secondary N) is 2. The number of methoxy groups -OCH3 is 1. The molecule has 0 aliphatic heterocycles. The van der Waals surface area contributed by atoms with Gasteiger partial charge in [0.2, 0.25) is 10.0 Å². The maximum absolute atomic E-state index is 11.9. The van der Waals surface area contributed by atoms with Crippen molar-refractivity contribution >= 4 is 21.6 Å². The summed E-state index contributed by atoms with van der Waals surface area (Å²) in [6.45, 7) is 0.616. The van der Waals surface area contributed by atoms with Gasteiger partial charge < -0.3 is 15.8 Å². The minimum Gasteiger partial charge on any atom is -0.497 e. The van der Waals surface area contributed by atoms with Gasteiger partial charge in [0.15, 0.2) is 0 Å². The zero-order valence-corrected chi connectivity index (χ0v) is 12.3. The first-order valence-electron chi connectivity index (χ1n) is 6.00. The Morgan fingerprint density at radius 3 is 2.65 bits per heavy atom. The van der Waals surface area contributed by atoms with Crippen LogP contribution in [0.5, 0.6) is 5.75 Å². The molecule has 1 aromatic rings. The van der Waals surface area contributed by atoms with Crippen molar-refractivity contribution in [1.82, 2.24) is 10.0 Å². The first kappa shape index (κ1) is 16.3. The molecule has 0 aliphatic carbocycles. The van der Waals surface area contributed by atoms with E-state index in [4.69, 9.17) is 10.5 Å². The lowest BCUT2D eigenvalue weighted by molar-refractivity contribution is 0.0954. The summed E-state index contributed by atoms with van der Waals surface area (Å²) in [6, 6.07) is 4.82. The number of nitrogens with two attached hydrogens (primary N) is 1. The van der Waals surface area contributed by atoms with Crippen molar-refractivity contribution in [2.45, 2.75) is 6.42 Å². The number of benzene rings is 1. The summed E-state index contributed by atoms with van der Waals surface area (Å²) in [7, 11) is -1.69. The fraction of sp³-hybridized carbons (Fsp3) is 0.417. The van der Waals surface area contributed by atoms with Gasteiger partial charge in [-0.25, -0.2) is 13.1 Å². The average molecular weight is 301 g/mol. The van der Waals surface area contributed by atoms with Crippen molar-refractivity contribution in [3.8, 4) is 5.75 Å². The summed E-state index contributed by atoms with van der Waals surface area (Å²) in [6.07, 6.45) is 1.57. The molecule has 7 nitrogen and oxygen atoms in total. The lowest BCUT2D eigenvalue weighted by atomic mass is 10.1. The lowest BCUT2D eigenvalue weighted by Crippen LogP contribution is -2.29. The number of nitrogen functional groups attached to an aromatic ring is 1. The van der Waals surface area contributed by atoms with Crippen LogP contribution in [0.3, 0.4) is 0 Å². The Balaban J connectivity index is 2.47. The molecule has 0 aromatic heterocycles. The molecule has 0 spiro atoms. The average Bonchev–Trinajstić information content (AvgIpc) is 2.37. The van der Waals surface area contributed by atoms with Gasteiger partial charge >= 0.3 is 0 Å². The molecule has 1 aromatic carbocycles. The molecule has 8 heteroatoms. The number of ether oxygens (including phenoxy) is 1. The zero-order valence-electron chi connectivity index (χ0n) is 11.5. The predicted molar refractivity (Wildman–Crippen MR) is 77.2 cm³/mol. The summed E-state index contributed by atoms with van der Waals surface area (Å²) in [5, 5.41) is 2.67. The quantitative estimate of drug-likeness (QED) is 0.483. The molecule has 112 valence electrons. The first-order chi connectivity index (χ1) is 9.33. The van der Waals surface area contributed by atoms with E-state index >= 15 is 0 Å². The second-order valence-electron chi connectivity index (χ2n) is 4.23. The van der Waals surface area contributed by atoms with Crippen LogP contribution in [0.25, 0.3) is 0 Å². The van der Waals surface area contributed by atoms with Crippen molar-refractivity contribution in [1.29, 1.82) is 0 Å². The summed E-state index contributed by atoms with van der Waals surface area (Å²) < 4.78 is 29.0. The van der Waals surface area contributed by atoms with E-state index in [1.807, 2.05) is 0 Å². The number of rotatable bonds is 7. The van der Waals surface area contributed by atoms with Gasteiger partial charge in [-0.15, -0.1) is 0 Å². The summed E-state index contributed by atoms with van der Waals surface area (Å²) >= 11 is 0. The van der Waals surface area contributed by atoms with Gasteiger partial charge in [0.25, 0.3) is 5.91 Å². The van der Waals surface area contributed by atoms with Crippen LogP contribution in [-0.4, -0.2) is 40.8 Å². The fourth-order valence-electron chi connectivity index (χ4n) is 1.50. The summed E-state index contributed by atoms with van der Waals surface area (Å²) in [4.78, 5) is 11.9. The van der Waals surface area contributed by atoms with Crippen LogP contribution in [0.2, 0.25) is 0 Å². The van der Waals surface area contributed by atoms with Crippen LogP contribution < -0.4 is 20.5 Å². The van der Waals surface area contributed by atoms with E-state index in [0.717, 1.165) is 6.26 Å². The van der Waals surface area contributed by atoms with E-state index in [1.165, 1.54) is 7.11 Å². The Hall–Kier alpha value is -1.80. The van der Waals surface area contributed by atoms with E-state index < -0.39 is 10.0 Å². The van der Waals surface area contributed by atoms with E-state index in [0.29, 0.717) is 30.0 Å². The highest BCUT2D eigenvalue weighted by molar-refractivity contribution is 7.88. The number of carbonyl (C=O) groups excluding carboxylic acids is 1. The molecule has 0 aliphatic rings. The molecule has 0 heterocycles. The number of hydrogen-bond donors (Lipinski definition) is 3. The first-order valence-corrected chi connectivity index (χ1v) is 7.89. The molecule has 20 heavy (non-hydrogen) atoms. The minimum atomic E-state index is -3.19. The zero-order chi connectivity index (χ0) is 15.2. The standard InChI is InChI=1S/C12H19N3O4S/c1-19-9-4-5-11(13)10(8-9)12(16)14-6-3-7-15-20(2,17)18/h4-5,8,15H,3,6-7,13H2,1-2H3,(H,14,16). The molecule has 0 saturated carbocycles. The van der Waals surface area contributed by atoms with E-state index in [2.05, 4.69) is 10.0 Å². The molecule has 0 unspecified atom stereocenters. The molecular formula is C12H19N3O4S. The Morgan fingerprint density at radius 1 is 1.35 bits per heavy atom. The Kier molecular flexibility index (Phi) is 5.78. The minimum absolute atomic E-state index is 0.271. The van der Waals surface area contributed by atoms with Crippen molar-refractivity contribution < 1.29 is 17.9 Å². The summed E-state index contributed by atoms with van der Waals surface area (Å²) in [5.74, 6) is 0.226. The second kappa shape index (κ2) is 7.11. The Labute approximate surface area is 118 Å². The number of anilines is 1. The largest absolute Gasteiger partial charge is 0.497 e. The molecule has 0 bridgehead atoms. The van der Waals surface area contributed by atoms with Gasteiger partial charge in [-0.1, -0.05) is 0 Å². The number of amides is 1. The van der Waals surface area contributed by atoms with Gasteiger partial charge in [-0.2, -0.15) is 0 Å². The highest BCUT2D eigenvalue weighted by atomic mass is 32.2. The maximum atomic E-state index is 11.9. The number of carbonyl (C=O) groups is 1. The predicted octanol–water partition coefficient (Wildman–Crippen LogP) is -0.0535. The van der Waals surface area contributed by atoms with Crippen molar-refractivity contribution in [3.63, 3.8) is 0 Å². The molecule has 0 fully saturated rings. The van der Waals surface area contributed by atoms with Crippen LogP contribution >= 0.6 is 0 Å². The number of sulfonamides is 1. The molecular weight excluding hydrogens is 282 g/mol. The van der Waals surface area contributed by atoms with Gasteiger partial charge in [-0.3, -0.25) is 4.79 Å². The third-order valence-electron chi connectivity index (χ3n) is 2.51. The molecule has 4 N–H and O–H groups in total. The SMILES string of the molecule is COc1ccc(N)c(C(=O)NCCCNS(C)(=O)=O)c1. The van der Waals surface area contributed by atoms with Gasteiger partial charge in [0.1, 0.15) is 5.75 Å². The van der Waals surface area contributed by atoms with Crippen molar-refractivity contribution in [2.24, 2.45) is 0 Å². The van der Waals surface area contributed by atoms with Crippen LogP contribution in [0.4, 0.5) is 5.69 Å². The van der Waals surface area contributed by atoms with Crippen molar-refractivity contribution in [2.75, 3.05) is 32.2 Å². The molecule has 0 saturated heterocycles. The van der Waals surface area contributed by atoms with E-state index in [1.54, 1.807) is 18.2 Å². The van der Waals surface area contributed by atoms with Gasteiger partial charge in [0, 0.05) is 18.8 Å². The monoisotopic (exact) mass is 301 g/mol. The second-order valence-corrected chi connectivity index (χ2v) is 6.06. The highest BCUT2D eigenvalue weighted by Crippen LogP contribution is 2.19. The highest BCUT2D eigenvalue weighted by Gasteiger charge is 2.10. The molecule has 0 radical (unpaired) electrons. The maximum Gasteiger partial charge on any atom is 0.253 e. The molecule has 1 rings (SSSR count). The summed E-state index contributed by atoms with van der Waals surface area (Å²) in [5.41, 5.74) is 6.42. The Morgan fingerprint density at radius 2 is 2.05 bits per heavy atom. The lowest BCUT2D eigenvalue weighted by Gasteiger charge is -2.09. The van der Waals surface area contributed by atoms with E-state index in [-0.39, 0.29) is 12.5 Å². The smallest absolute Gasteiger partial charge is 0.253 e. The normalized spacial score (nSPS) is 11.1. The van der Waals surface area contributed by atoms with Crippen LogP contribution in [-0.2, 0) is 10.0 Å². The topological polar surface area (TPSA) is 111 Å². The Bertz CT molecular complexity index is 572. The number of hydrogen-bond acceptors (Lipinski definition) is 5. The van der Waals surface area contributed by atoms with Gasteiger partial charge in [-0.05, 0) is 24.6 Å². The molecule has 0 atom stereocenters. The van der Waals surface area contributed by atoms with E-state index in [9.17, 15) is 13.2 Å². The van der Waals surface area contributed by atoms with Crippen LogP contribution in [0.1, 0.15) is 16.8 Å². The fourth-order valence-corrected chi connectivity index (χ4v) is 2.02. The third kappa shape index (κ3) is 5.45. The van der Waals surface area contributed by atoms with Crippen molar-refractivity contribution in [3.05, 3.63) is 23.8 Å². The van der Waals surface area contributed by atoms with Crippen LogP contribution in [0, 0.1) is 0 Å². The molecule has 1 amide bonds. The van der Waals surface area contributed by atoms with Gasteiger partial charge in [0.05, 0.1) is 18.9 Å². The third-order valence-corrected chi connectivity index (χ3v) is 3.24. The van der Waals surface area contributed by atoms with Crippen LogP contribution in [0.15, 0.2) is 18.2 Å².